The number of carbonyl (C=O) groups excluding carboxylic acids is 1. The van der Waals surface area contributed by atoms with Gasteiger partial charge in [-0.2, -0.15) is 13.2 Å². The predicted molar refractivity (Wildman–Crippen MR) is 96.4 cm³/mol. The molecule has 4 rings (SSSR count). The molecule has 6 heteroatoms. The van der Waals surface area contributed by atoms with Crippen LogP contribution < -0.4 is 0 Å². The first kappa shape index (κ1) is 16.8. The Kier molecular flexibility index (Phi) is 3.88. The van der Waals surface area contributed by atoms with E-state index in [0.717, 1.165) is 4.47 Å². The average molecular weight is 419 g/mol. The van der Waals surface area contributed by atoms with Crippen LogP contribution in [0.25, 0.3) is 33.4 Å². The van der Waals surface area contributed by atoms with E-state index in [1.54, 1.807) is 48.5 Å². The molecular weight excluding hydrogens is 409 g/mol. The van der Waals surface area contributed by atoms with E-state index in [1.807, 2.05) is 6.07 Å². The number of hydrogen-bond donors (Lipinski definition) is 0. The molecule has 1 aliphatic carbocycles. The quantitative estimate of drug-likeness (QED) is 0.338. The smallest absolute Gasteiger partial charge is 0.455 e. The van der Waals surface area contributed by atoms with Crippen molar-refractivity contribution in [3.05, 3.63) is 70.7 Å². The number of benzene rings is 2. The van der Waals surface area contributed by atoms with Gasteiger partial charge < -0.3 is 4.42 Å². The van der Waals surface area contributed by atoms with E-state index in [4.69, 9.17) is 4.42 Å². The van der Waals surface area contributed by atoms with Crippen LogP contribution in [-0.2, 0) is 0 Å². The van der Waals surface area contributed by atoms with Crippen LogP contribution in [-0.4, -0.2) is 12.0 Å². The molecular formula is C20H10BrF3O2. The van der Waals surface area contributed by atoms with Crippen LogP contribution in [0.2, 0.25) is 0 Å². The van der Waals surface area contributed by atoms with Gasteiger partial charge in [0.15, 0.2) is 0 Å². The third-order valence-corrected chi connectivity index (χ3v) is 4.66. The summed E-state index contributed by atoms with van der Waals surface area (Å²) >= 11 is 3.36. The van der Waals surface area contributed by atoms with Crippen LogP contribution >= 0.6 is 15.9 Å². The molecule has 2 aliphatic rings. The van der Waals surface area contributed by atoms with Gasteiger partial charge in [-0.05, 0) is 35.0 Å². The summed E-state index contributed by atoms with van der Waals surface area (Å²) in [5.74, 6) is -1.57. The number of carbonyl (C=O) groups is 1. The van der Waals surface area contributed by atoms with Gasteiger partial charge in [-0.15, -0.1) is 0 Å². The maximum absolute atomic E-state index is 13.1. The minimum Gasteiger partial charge on any atom is -0.455 e. The zero-order valence-corrected chi connectivity index (χ0v) is 14.7. The number of Topliss-reactive ketones (excluding diaryl/α,β-unsaturated/α-hetero) is 1. The molecule has 26 heavy (non-hydrogen) atoms. The monoisotopic (exact) mass is 418 g/mol. The highest BCUT2D eigenvalue weighted by molar-refractivity contribution is 9.10. The Bertz CT molecular complexity index is 1110. The SMILES string of the molecule is O=C(c1c2oc(-c3cccc(Br)c3)ccc-2c2ccccc12)C(F)(F)F. The van der Waals surface area contributed by atoms with Gasteiger partial charge in [0.2, 0.25) is 0 Å². The number of hydrogen-bond acceptors (Lipinski definition) is 2. The van der Waals surface area contributed by atoms with E-state index in [1.165, 1.54) is 6.07 Å². The summed E-state index contributed by atoms with van der Waals surface area (Å²) in [7, 11) is 0. The van der Waals surface area contributed by atoms with Gasteiger partial charge in [0, 0.05) is 15.6 Å². The molecule has 2 aromatic rings. The fourth-order valence-electron chi connectivity index (χ4n) is 3.05. The van der Waals surface area contributed by atoms with Crippen molar-refractivity contribution in [3.8, 4) is 22.6 Å². The third kappa shape index (κ3) is 2.70. The van der Waals surface area contributed by atoms with Gasteiger partial charge in [-0.3, -0.25) is 4.79 Å². The molecule has 0 radical (unpaired) electrons. The van der Waals surface area contributed by atoms with Crippen molar-refractivity contribution in [2.24, 2.45) is 0 Å². The van der Waals surface area contributed by atoms with Crippen molar-refractivity contribution < 1.29 is 22.4 Å². The number of fused-ring (bicyclic) bond motifs is 3. The summed E-state index contributed by atoms with van der Waals surface area (Å²) in [6, 6.07) is 17.1. The molecule has 2 aromatic carbocycles. The van der Waals surface area contributed by atoms with Crippen molar-refractivity contribution >= 4 is 32.5 Å². The molecule has 0 atom stereocenters. The fourth-order valence-corrected chi connectivity index (χ4v) is 3.45. The summed E-state index contributed by atoms with van der Waals surface area (Å²) in [6.07, 6.45) is -4.98. The Morgan fingerprint density at radius 3 is 2.35 bits per heavy atom. The highest BCUT2D eigenvalue weighted by Crippen LogP contribution is 2.43. The second kappa shape index (κ2) is 5.99. The lowest BCUT2D eigenvalue weighted by atomic mass is 10.1. The number of ketones is 1. The number of rotatable bonds is 2. The van der Waals surface area contributed by atoms with Crippen molar-refractivity contribution in [3.63, 3.8) is 0 Å². The fraction of sp³-hybridized carbons (Fsp3) is 0.0500. The summed E-state index contributed by atoms with van der Waals surface area (Å²) in [5, 5.41) is 0.791. The minimum absolute atomic E-state index is 0.0500. The Labute approximate surface area is 154 Å². The predicted octanol–water partition coefficient (Wildman–Crippen LogP) is 6.71. The first-order chi connectivity index (χ1) is 12.4. The second-order valence-corrected chi connectivity index (χ2v) is 6.72. The van der Waals surface area contributed by atoms with Crippen LogP contribution in [0, 0.1) is 0 Å². The standard InChI is InChI=1S/C20H10BrF3O2/c21-12-5-3-4-11(10-12)16-9-8-15-13-6-1-2-7-14(13)17(18(15)26-16)19(25)20(22,23)24/h1-10H. The van der Waals surface area contributed by atoms with E-state index in [2.05, 4.69) is 15.9 Å². The van der Waals surface area contributed by atoms with E-state index in [9.17, 15) is 18.0 Å². The maximum atomic E-state index is 13.1. The lowest BCUT2D eigenvalue weighted by molar-refractivity contribution is -0.0884. The molecule has 0 saturated heterocycles. The number of alkyl halides is 3. The topological polar surface area (TPSA) is 30.2 Å². The zero-order chi connectivity index (χ0) is 18.5. The van der Waals surface area contributed by atoms with Crippen molar-refractivity contribution in [2.45, 2.75) is 6.18 Å². The van der Waals surface area contributed by atoms with E-state index in [-0.39, 0.29) is 11.1 Å². The Morgan fingerprint density at radius 1 is 0.923 bits per heavy atom. The molecule has 0 bridgehead atoms. The summed E-state index contributed by atoms with van der Waals surface area (Å²) in [4.78, 5) is 12.1. The molecule has 0 spiro atoms. The van der Waals surface area contributed by atoms with Crippen molar-refractivity contribution in [1.82, 2.24) is 0 Å². The molecule has 0 saturated carbocycles. The lowest BCUT2D eigenvalue weighted by Gasteiger charge is -2.09. The molecule has 1 aliphatic heterocycles. The van der Waals surface area contributed by atoms with E-state index < -0.39 is 17.5 Å². The molecule has 0 N–H and O–H groups in total. The summed E-state index contributed by atoms with van der Waals surface area (Å²) in [6.45, 7) is 0. The first-order valence-corrected chi connectivity index (χ1v) is 8.47. The van der Waals surface area contributed by atoms with Gasteiger partial charge in [0.1, 0.15) is 11.5 Å². The summed E-state index contributed by atoms with van der Waals surface area (Å²) < 4.78 is 46.0. The van der Waals surface area contributed by atoms with E-state index in [0.29, 0.717) is 22.3 Å². The first-order valence-electron chi connectivity index (χ1n) is 7.68. The highest BCUT2D eigenvalue weighted by Gasteiger charge is 2.43. The Morgan fingerprint density at radius 2 is 1.65 bits per heavy atom. The third-order valence-electron chi connectivity index (χ3n) is 4.17. The maximum Gasteiger partial charge on any atom is 0.455 e. The van der Waals surface area contributed by atoms with Crippen LogP contribution in [0.15, 0.2) is 69.6 Å². The number of halogens is 4. The van der Waals surface area contributed by atoms with Crippen molar-refractivity contribution in [2.75, 3.05) is 0 Å². The molecule has 0 unspecified atom stereocenters. The van der Waals surface area contributed by atoms with Crippen molar-refractivity contribution in [1.29, 1.82) is 0 Å². The van der Waals surface area contributed by atoms with Crippen LogP contribution in [0.5, 0.6) is 0 Å². The van der Waals surface area contributed by atoms with Gasteiger partial charge in [-0.1, -0.05) is 52.3 Å². The molecule has 1 heterocycles. The lowest BCUT2D eigenvalue weighted by Crippen LogP contribution is -2.22. The van der Waals surface area contributed by atoms with Gasteiger partial charge in [-0.25, -0.2) is 0 Å². The Balaban J connectivity index is 2.04. The van der Waals surface area contributed by atoms with E-state index >= 15 is 0 Å². The molecule has 0 amide bonds. The van der Waals surface area contributed by atoms with Crippen LogP contribution in [0.3, 0.4) is 0 Å². The summed E-state index contributed by atoms with van der Waals surface area (Å²) in [5.41, 5.74) is 0.726. The normalized spacial score (nSPS) is 12.0. The highest BCUT2D eigenvalue weighted by atomic mass is 79.9. The second-order valence-electron chi connectivity index (χ2n) is 5.80. The van der Waals surface area contributed by atoms with Gasteiger partial charge in [0.05, 0.1) is 5.56 Å². The molecule has 0 fully saturated rings. The van der Waals surface area contributed by atoms with Gasteiger partial charge in [0.25, 0.3) is 5.78 Å². The van der Waals surface area contributed by atoms with Crippen LogP contribution in [0.1, 0.15) is 10.4 Å². The average Bonchev–Trinajstić information content (AvgIpc) is 2.94. The molecule has 2 nitrogen and oxygen atoms in total. The van der Waals surface area contributed by atoms with Gasteiger partial charge >= 0.3 is 6.18 Å². The van der Waals surface area contributed by atoms with Crippen LogP contribution in [0.4, 0.5) is 13.2 Å². The molecule has 130 valence electrons. The Hall–Kier alpha value is -2.60. The zero-order valence-electron chi connectivity index (χ0n) is 13.1. The minimum atomic E-state index is -4.98. The largest absolute Gasteiger partial charge is 0.455 e. The molecule has 0 aromatic heterocycles.